The van der Waals surface area contributed by atoms with Crippen LogP contribution in [0, 0.1) is 0 Å². The minimum absolute atomic E-state index is 0.0149. The van der Waals surface area contributed by atoms with E-state index in [-0.39, 0.29) is 36.2 Å². The van der Waals surface area contributed by atoms with Crippen molar-refractivity contribution < 1.29 is 27.9 Å². The number of amides is 2. The normalized spacial score (nSPS) is 20.3. The molecule has 2 fully saturated rings. The fourth-order valence-corrected chi connectivity index (χ4v) is 4.27. The molecule has 2 saturated heterocycles. The van der Waals surface area contributed by atoms with Gasteiger partial charge in [-0.05, 0) is 31.0 Å². The lowest BCUT2D eigenvalue weighted by Gasteiger charge is -2.33. The Morgan fingerprint density at radius 1 is 1.05 bits per heavy atom. The molecule has 4 heterocycles. The number of halogens is 1. The highest BCUT2D eigenvalue weighted by atomic mass is 19.1. The van der Waals surface area contributed by atoms with E-state index in [4.69, 9.17) is 13.9 Å². The van der Waals surface area contributed by atoms with Crippen LogP contribution in [0.2, 0.25) is 0 Å². The van der Waals surface area contributed by atoms with Crippen LogP contribution in [0.4, 0.5) is 16.1 Å². The van der Waals surface area contributed by atoms with E-state index >= 15 is 0 Å². The number of piperidine rings is 1. The number of rotatable bonds is 7. The summed E-state index contributed by atoms with van der Waals surface area (Å²) in [7, 11) is 0. The number of para-hydroxylation sites is 1. The van der Waals surface area contributed by atoms with E-state index in [0.29, 0.717) is 37.4 Å². The molecule has 3 aromatic rings. The van der Waals surface area contributed by atoms with Crippen molar-refractivity contribution in [3.63, 3.8) is 0 Å². The van der Waals surface area contributed by atoms with Crippen LogP contribution in [-0.2, 0) is 4.74 Å². The third-order valence-corrected chi connectivity index (χ3v) is 6.25. The van der Waals surface area contributed by atoms with Crippen molar-refractivity contribution in [2.24, 2.45) is 0 Å². The first-order valence-electron chi connectivity index (χ1n) is 12.1. The second kappa shape index (κ2) is 11.3. The van der Waals surface area contributed by atoms with Crippen LogP contribution in [-0.4, -0.2) is 71.4 Å². The van der Waals surface area contributed by atoms with Gasteiger partial charge in [-0.15, -0.1) is 0 Å². The van der Waals surface area contributed by atoms with E-state index in [1.165, 1.54) is 18.7 Å². The largest absolute Gasteiger partial charge is 0.457 e. The first-order chi connectivity index (χ1) is 18.1. The van der Waals surface area contributed by atoms with Gasteiger partial charge in [0.05, 0.1) is 17.8 Å². The van der Waals surface area contributed by atoms with Gasteiger partial charge in [-0.25, -0.2) is 14.4 Å². The SMILES string of the molecule is O=C(Nc1ccccc1C(=O)NC1CCOCC1)c1coc(N2CC[C@H](Oc3ncccn3)[C@H](F)C2)n1. The lowest BCUT2D eigenvalue weighted by molar-refractivity contribution is 0.0697. The number of anilines is 2. The molecule has 0 bridgehead atoms. The van der Waals surface area contributed by atoms with Crippen LogP contribution in [0.25, 0.3) is 0 Å². The molecule has 0 aliphatic carbocycles. The van der Waals surface area contributed by atoms with Crippen LogP contribution in [0.3, 0.4) is 0 Å². The molecule has 2 aliphatic rings. The summed E-state index contributed by atoms with van der Waals surface area (Å²) < 4.78 is 31.2. The van der Waals surface area contributed by atoms with Gasteiger partial charge < -0.3 is 29.4 Å². The molecule has 2 aromatic heterocycles. The van der Waals surface area contributed by atoms with Crippen molar-refractivity contribution in [2.75, 3.05) is 36.5 Å². The zero-order valence-electron chi connectivity index (χ0n) is 20.0. The highest BCUT2D eigenvalue weighted by Crippen LogP contribution is 2.24. The van der Waals surface area contributed by atoms with Gasteiger partial charge >= 0.3 is 6.01 Å². The molecule has 0 spiro atoms. The lowest BCUT2D eigenvalue weighted by atomic mass is 10.1. The summed E-state index contributed by atoms with van der Waals surface area (Å²) in [5, 5.41) is 5.72. The Morgan fingerprint density at radius 3 is 2.62 bits per heavy atom. The average molecular weight is 511 g/mol. The number of nitrogens with one attached hydrogen (secondary N) is 2. The summed E-state index contributed by atoms with van der Waals surface area (Å²) in [6.45, 7) is 1.60. The number of oxazole rings is 1. The number of carbonyl (C=O) groups is 2. The number of carbonyl (C=O) groups excluding carboxylic acids is 2. The van der Waals surface area contributed by atoms with Crippen molar-refractivity contribution >= 4 is 23.5 Å². The summed E-state index contributed by atoms with van der Waals surface area (Å²) >= 11 is 0. The Balaban J connectivity index is 1.19. The zero-order chi connectivity index (χ0) is 25.6. The molecule has 11 nitrogen and oxygen atoms in total. The van der Waals surface area contributed by atoms with Crippen LogP contribution in [0.5, 0.6) is 6.01 Å². The minimum Gasteiger partial charge on any atom is -0.457 e. The molecule has 1 aromatic carbocycles. The minimum atomic E-state index is -1.33. The predicted molar refractivity (Wildman–Crippen MR) is 130 cm³/mol. The Morgan fingerprint density at radius 2 is 1.84 bits per heavy atom. The third-order valence-electron chi connectivity index (χ3n) is 6.25. The van der Waals surface area contributed by atoms with Crippen molar-refractivity contribution in [1.29, 1.82) is 0 Å². The molecule has 12 heteroatoms. The number of aromatic nitrogens is 3. The Hall–Kier alpha value is -4.06. The van der Waals surface area contributed by atoms with Gasteiger partial charge in [0.25, 0.3) is 17.8 Å². The van der Waals surface area contributed by atoms with Gasteiger partial charge in [0.1, 0.15) is 12.4 Å². The maximum Gasteiger partial charge on any atom is 0.316 e. The molecule has 2 amide bonds. The van der Waals surface area contributed by atoms with E-state index in [1.54, 1.807) is 35.2 Å². The molecule has 0 unspecified atom stereocenters. The smallest absolute Gasteiger partial charge is 0.316 e. The number of nitrogens with zero attached hydrogens (tertiary/aromatic N) is 4. The molecular formula is C25H27FN6O5. The summed E-state index contributed by atoms with van der Waals surface area (Å²) in [4.78, 5) is 39.5. The van der Waals surface area contributed by atoms with Crippen molar-refractivity contribution in [1.82, 2.24) is 20.3 Å². The topological polar surface area (TPSA) is 132 Å². The van der Waals surface area contributed by atoms with Crippen molar-refractivity contribution in [2.45, 2.75) is 37.6 Å². The summed E-state index contributed by atoms with van der Waals surface area (Å²) in [5.41, 5.74) is 0.712. The van der Waals surface area contributed by atoms with Crippen LogP contribution < -0.4 is 20.3 Å². The number of benzene rings is 1. The number of hydrogen-bond donors (Lipinski definition) is 2. The maximum atomic E-state index is 14.8. The Bertz CT molecular complexity index is 1220. The van der Waals surface area contributed by atoms with Gasteiger partial charge in [-0.2, -0.15) is 4.98 Å². The zero-order valence-corrected chi connectivity index (χ0v) is 20.0. The summed E-state index contributed by atoms with van der Waals surface area (Å²) in [6.07, 6.45) is 4.09. The summed E-state index contributed by atoms with van der Waals surface area (Å²) in [5.74, 6) is -0.818. The van der Waals surface area contributed by atoms with Crippen molar-refractivity contribution in [3.05, 3.63) is 60.2 Å². The predicted octanol–water partition coefficient (Wildman–Crippen LogP) is 2.62. The van der Waals surface area contributed by atoms with Crippen LogP contribution in [0.1, 0.15) is 40.1 Å². The molecule has 194 valence electrons. The quantitative estimate of drug-likeness (QED) is 0.492. The van der Waals surface area contributed by atoms with Gasteiger partial charge in [-0.3, -0.25) is 9.59 Å². The Labute approximate surface area is 212 Å². The molecule has 0 saturated carbocycles. The molecule has 2 N–H and O–H groups in total. The maximum absolute atomic E-state index is 14.8. The standard InChI is InChI=1S/C25H27FN6O5/c26-18-14-32(11-6-21(18)37-24-27-9-3-10-28-24)25-31-20(15-36-25)23(34)30-19-5-2-1-4-17(19)22(33)29-16-7-12-35-13-8-16/h1-5,9-10,15-16,18,21H,6-8,11-14H2,(H,29,33)(H,30,34)/t18-,21+/m1/s1. The fraction of sp³-hybridized carbons (Fsp3) is 0.400. The number of ether oxygens (including phenoxy) is 2. The summed E-state index contributed by atoms with van der Waals surface area (Å²) in [6, 6.07) is 8.68. The first kappa shape index (κ1) is 24.6. The molecule has 2 aliphatic heterocycles. The van der Waals surface area contributed by atoms with E-state index in [1.807, 2.05) is 0 Å². The van der Waals surface area contributed by atoms with Gasteiger partial charge in [0, 0.05) is 44.6 Å². The second-order valence-electron chi connectivity index (χ2n) is 8.81. The molecule has 2 atom stereocenters. The monoisotopic (exact) mass is 510 g/mol. The van der Waals surface area contributed by atoms with Crippen LogP contribution in [0.15, 0.2) is 53.4 Å². The van der Waals surface area contributed by atoms with Gasteiger partial charge in [-0.1, -0.05) is 12.1 Å². The fourth-order valence-electron chi connectivity index (χ4n) is 4.27. The first-order valence-corrected chi connectivity index (χ1v) is 12.1. The second-order valence-corrected chi connectivity index (χ2v) is 8.81. The van der Waals surface area contributed by atoms with E-state index in [9.17, 15) is 14.0 Å². The molecule has 37 heavy (non-hydrogen) atoms. The highest BCUT2D eigenvalue weighted by Gasteiger charge is 2.33. The average Bonchev–Trinajstić information content (AvgIpc) is 3.42. The van der Waals surface area contributed by atoms with Crippen molar-refractivity contribution in [3.8, 4) is 6.01 Å². The van der Waals surface area contributed by atoms with Crippen LogP contribution >= 0.6 is 0 Å². The van der Waals surface area contributed by atoms with Gasteiger partial charge in [0.15, 0.2) is 11.9 Å². The highest BCUT2D eigenvalue weighted by molar-refractivity contribution is 6.08. The molecule has 5 rings (SSSR count). The molecule has 0 radical (unpaired) electrons. The lowest BCUT2D eigenvalue weighted by Crippen LogP contribution is -2.47. The number of alkyl halides is 1. The van der Waals surface area contributed by atoms with E-state index < -0.39 is 18.2 Å². The third kappa shape index (κ3) is 6.02. The van der Waals surface area contributed by atoms with E-state index in [0.717, 1.165) is 12.8 Å². The van der Waals surface area contributed by atoms with Gasteiger partial charge in [0.2, 0.25) is 0 Å². The van der Waals surface area contributed by atoms with E-state index in [2.05, 4.69) is 25.6 Å². The Kier molecular flexibility index (Phi) is 7.54. The molecular weight excluding hydrogens is 483 g/mol. The number of hydrogen-bond acceptors (Lipinski definition) is 9.